The van der Waals surface area contributed by atoms with Gasteiger partial charge in [-0.15, -0.1) is 0 Å². The predicted octanol–water partition coefficient (Wildman–Crippen LogP) is 1.61. The molecular formula is C13H20BrN3O3S. The summed E-state index contributed by atoms with van der Waals surface area (Å²) in [6.45, 7) is 3.91. The molecule has 21 heavy (non-hydrogen) atoms. The fourth-order valence-corrected chi connectivity index (χ4v) is 3.09. The van der Waals surface area contributed by atoms with Gasteiger partial charge in [0.15, 0.2) is 0 Å². The first-order valence-electron chi connectivity index (χ1n) is 6.60. The predicted molar refractivity (Wildman–Crippen MR) is 86.3 cm³/mol. The Labute approximate surface area is 133 Å². The number of rotatable bonds is 7. The van der Waals surface area contributed by atoms with Crippen LogP contribution in [0.1, 0.15) is 26.7 Å². The minimum Gasteiger partial charge on any atom is -0.398 e. The molecule has 0 heterocycles. The standard InChI is InChI=1S/C13H20BrN3O3S/c1-3-9(2)17-13(18)6-7-16-21(19,20)10-4-5-12(15)11(14)8-10/h4-5,8-9,16H,3,6-7,15H2,1-2H3,(H,17,18). The van der Waals surface area contributed by atoms with Crippen molar-refractivity contribution in [3.63, 3.8) is 0 Å². The summed E-state index contributed by atoms with van der Waals surface area (Å²) in [5, 5.41) is 2.77. The topological polar surface area (TPSA) is 101 Å². The summed E-state index contributed by atoms with van der Waals surface area (Å²) in [5.74, 6) is -0.175. The molecular weight excluding hydrogens is 358 g/mol. The molecule has 0 bridgehead atoms. The molecule has 0 aromatic heterocycles. The van der Waals surface area contributed by atoms with Crippen molar-refractivity contribution >= 4 is 37.5 Å². The molecule has 0 radical (unpaired) electrons. The van der Waals surface area contributed by atoms with Crippen molar-refractivity contribution in [2.24, 2.45) is 0 Å². The summed E-state index contributed by atoms with van der Waals surface area (Å²) in [6, 6.07) is 4.44. The van der Waals surface area contributed by atoms with Gasteiger partial charge in [0, 0.05) is 29.2 Å². The van der Waals surface area contributed by atoms with Gasteiger partial charge in [-0.3, -0.25) is 4.79 Å². The van der Waals surface area contributed by atoms with Gasteiger partial charge in [0.1, 0.15) is 0 Å². The SMILES string of the molecule is CCC(C)NC(=O)CCNS(=O)(=O)c1ccc(N)c(Br)c1. The second-order valence-corrected chi connectivity index (χ2v) is 7.33. The van der Waals surface area contributed by atoms with E-state index in [1.165, 1.54) is 18.2 Å². The number of benzene rings is 1. The van der Waals surface area contributed by atoms with Gasteiger partial charge in [-0.1, -0.05) is 6.92 Å². The highest BCUT2D eigenvalue weighted by molar-refractivity contribution is 9.10. The van der Waals surface area contributed by atoms with Crippen molar-refractivity contribution in [3.05, 3.63) is 22.7 Å². The highest BCUT2D eigenvalue weighted by Gasteiger charge is 2.15. The van der Waals surface area contributed by atoms with E-state index in [9.17, 15) is 13.2 Å². The summed E-state index contributed by atoms with van der Waals surface area (Å²) in [4.78, 5) is 11.7. The van der Waals surface area contributed by atoms with E-state index >= 15 is 0 Å². The van der Waals surface area contributed by atoms with Crippen LogP contribution in [-0.4, -0.2) is 26.9 Å². The third-order valence-electron chi connectivity index (χ3n) is 2.95. The molecule has 0 aliphatic rings. The molecule has 1 atom stereocenters. The van der Waals surface area contributed by atoms with E-state index in [-0.39, 0.29) is 29.8 Å². The van der Waals surface area contributed by atoms with Gasteiger partial charge in [-0.05, 0) is 47.5 Å². The monoisotopic (exact) mass is 377 g/mol. The number of halogens is 1. The summed E-state index contributed by atoms with van der Waals surface area (Å²) in [6.07, 6.45) is 0.927. The van der Waals surface area contributed by atoms with Gasteiger partial charge in [0.25, 0.3) is 0 Å². The van der Waals surface area contributed by atoms with Crippen LogP contribution in [0.2, 0.25) is 0 Å². The molecule has 118 valence electrons. The number of carbonyl (C=O) groups is 1. The van der Waals surface area contributed by atoms with Crippen LogP contribution in [0, 0.1) is 0 Å². The maximum atomic E-state index is 12.1. The summed E-state index contributed by atoms with van der Waals surface area (Å²) in [7, 11) is -3.64. The number of hydrogen-bond donors (Lipinski definition) is 3. The highest BCUT2D eigenvalue weighted by atomic mass is 79.9. The maximum Gasteiger partial charge on any atom is 0.240 e. The van der Waals surface area contributed by atoms with E-state index in [0.717, 1.165) is 6.42 Å². The van der Waals surface area contributed by atoms with Crippen molar-refractivity contribution in [1.82, 2.24) is 10.0 Å². The molecule has 1 unspecified atom stereocenters. The molecule has 6 nitrogen and oxygen atoms in total. The summed E-state index contributed by atoms with van der Waals surface area (Å²) < 4.78 is 27.0. The van der Waals surface area contributed by atoms with E-state index in [1.54, 1.807) is 0 Å². The van der Waals surface area contributed by atoms with Gasteiger partial charge in [0.05, 0.1) is 4.90 Å². The van der Waals surface area contributed by atoms with Crippen LogP contribution in [-0.2, 0) is 14.8 Å². The second kappa shape index (κ2) is 7.77. The lowest BCUT2D eigenvalue weighted by atomic mass is 10.2. The zero-order valence-corrected chi connectivity index (χ0v) is 14.4. The molecule has 4 N–H and O–H groups in total. The van der Waals surface area contributed by atoms with Crippen molar-refractivity contribution < 1.29 is 13.2 Å². The van der Waals surface area contributed by atoms with Crippen LogP contribution >= 0.6 is 15.9 Å². The van der Waals surface area contributed by atoms with Crippen molar-refractivity contribution in [2.45, 2.75) is 37.6 Å². The lowest BCUT2D eigenvalue weighted by molar-refractivity contribution is -0.121. The van der Waals surface area contributed by atoms with E-state index in [2.05, 4.69) is 26.0 Å². The number of hydrogen-bond acceptors (Lipinski definition) is 4. The molecule has 0 saturated heterocycles. The van der Waals surface area contributed by atoms with Crippen LogP contribution in [0.5, 0.6) is 0 Å². The molecule has 1 rings (SSSR count). The Hall–Kier alpha value is -1.12. The first-order chi connectivity index (χ1) is 9.76. The molecule has 0 aliphatic carbocycles. The van der Waals surface area contributed by atoms with Crippen molar-refractivity contribution in [2.75, 3.05) is 12.3 Å². The van der Waals surface area contributed by atoms with E-state index in [0.29, 0.717) is 10.2 Å². The number of amides is 1. The van der Waals surface area contributed by atoms with Gasteiger partial charge < -0.3 is 11.1 Å². The molecule has 0 saturated carbocycles. The maximum absolute atomic E-state index is 12.1. The average molecular weight is 378 g/mol. The molecule has 0 fully saturated rings. The number of nitrogen functional groups attached to an aromatic ring is 1. The molecule has 1 aromatic rings. The largest absolute Gasteiger partial charge is 0.398 e. The Morgan fingerprint density at radius 1 is 1.43 bits per heavy atom. The number of nitrogens with one attached hydrogen (secondary N) is 2. The first-order valence-corrected chi connectivity index (χ1v) is 8.88. The van der Waals surface area contributed by atoms with Crippen LogP contribution in [0.4, 0.5) is 5.69 Å². The minimum absolute atomic E-state index is 0.0482. The van der Waals surface area contributed by atoms with Gasteiger partial charge in [-0.25, -0.2) is 13.1 Å². The Morgan fingerprint density at radius 3 is 2.67 bits per heavy atom. The molecule has 8 heteroatoms. The van der Waals surface area contributed by atoms with Crippen LogP contribution in [0.3, 0.4) is 0 Å². The fraction of sp³-hybridized carbons (Fsp3) is 0.462. The molecule has 1 aromatic carbocycles. The third-order valence-corrected chi connectivity index (χ3v) is 5.09. The minimum atomic E-state index is -3.64. The van der Waals surface area contributed by atoms with Crippen LogP contribution < -0.4 is 15.8 Å². The zero-order chi connectivity index (χ0) is 16.0. The molecule has 1 amide bonds. The van der Waals surface area contributed by atoms with Crippen molar-refractivity contribution in [1.29, 1.82) is 0 Å². The van der Waals surface area contributed by atoms with Gasteiger partial charge in [0.2, 0.25) is 15.9 Å². The molecule has 0 aliphatic heterocycles. The Kier molecular flexibility index (Phi) is 6.63. The summed E-state index contributed by atoms with van der Waals surface area (Å²) in [5.41, 5.74) is 6.08. The number of anilines is 1. The smallest absolute Gasteiger partial charge is 0.240 e. The van der Waals surface area contributed by atoms with Gasteiger partial charge >= 0.3 is 0 Å². The highest BCUT2D eigenvalue weighted by Crippen LogP contribution is 2.22. The number of nitrogens with two attached hydrogens (primary N) is 1. The Morgan fingerprint density at radius 2 is 2.10 bits per heavy atom. The Bertz CT molecular complexity index is 605. The van der Waals surface area contributed by atoms with Crippen molar-refractivity contribution in [3.8, 4) is 0 Å². The fourth-order valence-electron chi connectivity index (χ4n) is 1.51. The molecule has 0 spiro atoms. The zero-order valence-electron chi connectivity index (χ0n) is 12.0. The van der Waals surface area contributed by atoms with E-state index < -0.39 is 10.0 Å². The van der Waals surface area contributed by atoms with Crippen LogP contribution in [0.25, 0.3) is 0 Å². The summed E-state index contributed by atoms with van der Waals surface area (Å²) >= 11 is 3.18. The first kappa shape index (κ1) is 17.9. The van der Waals surface area contributed by atoms with E-state index in [1.807, 2.05) is 13.8 Å². The number of carbonyl (C=O) groups excluding carboxylic acids is 1. The normalized spacial score (nSPS) is 12.9. The lowest BCUT2D eigenvalue weighted by Crippen LogP contribution is -2.35. The number of sulfonamides is 1. The second-order valence-electron chi connectivity index (χ2n) is 4.71. The average Bonchev–Trinajstić information content (AvgIpc) is 2.41. The van der Waals surface area contributed by atoms with E-state index in [4.69, 9.17) is 5.73 Å². The van der Waals surface area contributed by atoms with Crippen LogP contribution in [0.15, 0.2) is 27.6 Å². The quantitative estimate of drug-likeness (QED) is 0.628. The third kappa shape index (κ3) is 5.64. The lowest BCUT2D eigenvalue weighted by Gasteiger charge is -2.12. The van der Waals surface area contributed by atoms with Gasteiger partial charge in [-0.2, -0.15) is 0 Å². The Balaban J connectivity index is 2.57.